The second-order valence-electron chi connectivity index (χ2n) is 7.28. The Morgan fingerprint density at radius 3 is 2.62 bits per heavy atom. The van der Waals surface area contributed by atoms with Crippen molar-refractivity contribution >= 4 is 57.7 Å². The Kier molecular flexibility index (Phi) is 8.14. The number of carboxylic acid groups (broad SMARTS) is 1. The van der Waals surface area contributed by atoms with E-state index in [1.54, 1.807) is 30.5 Å². The Bertz CT molecular complexity index is 1220. The molecule has 10 nitrogen and oxygen atoms in total. The number of nitrogens with two attached hydrogens (primary N) is 1. The van der Waals surface area contributed by atoms with E-state index in [9.17, 15) is 19.5 Å². The smallest absolute Gasteiger partial charge is 0.411 e. The van der Waals surface area contributed by atoms with Crippen LogP contribution >= 0.6 is 11.8 Å². The van der Waals surface area contributed by atoms with E-state index in [1.807, 2.05) is 24.5 Å². The first-order valence-electron chi connectivity index (χ1n) is 10.2. The van der Waals surface area contributed by atoms with Gasteiger partial charge in [0.05, 0.1) is 26.1 Å². The molecule has 3 rings (SSSR count). The summed E-state index contributed by atoms with van der Waals surface area (Å²) in [7, 11) is 1.24. The van der Waals surface area contributed by atoms with Gasteiger partial charge in [0, 0.05) is 27.9 Å². The Hall–Kier alpha value is -3.99. The molecule has 178 valence electrons. The number of fused-ring (bicyclic) bond motifs is 1. The fourth-order valence-corrected chi connectivity index (χ4v) is 4.05. The quantitative estimate of drug-likeness (QED) is 0.288. The van der Waals surface area contributed by atoms with Gasteiger partial charge < -0.3 is 26.2 Å². The summed E-state index contributed by atoms with van der Waals surface area (Å²) < 4.78 is 4.61. The number of hydrogen-bond acceptors (Lipinski definition) is 8. The van der Waals surface area contributed by atoms with Crippen LogP contribution in [0, 0.1) is 0 Å². The third-order valence-corrected chi connectivity index (χ3v) is 5.81. The molecule has 2 amide bonds. The summed E-state index contributed by atoms with van der Waals surface area (Å²) in [4.78, 5) is 40.6. The molecule has 0 bridgehead atoms. The number of pyridine rings is 1. The first-order chi connectivity index (χ1) is 16.3. The zero-order valence-electron chi connectivity index (χ0n) is 18.6. The molecule has 1 heterocycles. The predicted molar refractivity (Wildman–Crippen MR) is 132 cm³/mol. The number of anilines is 3. The Morgan fingerprint density at radius 1 is 1.15 bits per heavy atom. The van der Waals surface area contributed by atoms with Crippen molar-refractivity contribution in [3.05, 3.63) is 54.2 Å². The molecular weight excluding hydrogens is 458 g/mol. The number of hydrogen-bond donors (Lipinski definition) is 5. The highest BCUT2D eigenvalue weighted by molar-refractivity contribution is 7.98. The molecule has 1 aromatic heterocycles. The minimum atomic E-state index is -1.07. The van der Waals surface area contributed by atoms with E-state index >= 15 is 0 Å². The topological polar surface area (TPSA) is 156 Å². The maximum atomic E-state index is 12.7. The van der Waals surface area contributed by atoms with Gasteiger partial charge in [0.2, 0.25) is 5.91 Å². The molecular formula is C23H25N5O5S. The molecule has 0 saturated carbocycles. The third kappa shape index (κ3) is 6.29. The van der Waals surface area contributed by atoms with Gasteiger partial charge >= 0.3 is 12.1 Å². The number of amides is 2. The van der Waals surface area contributed by atoms with E-state index in [1.165, 1.54) is 18.9 Å². The van der Waals surface area contributed by atoms with Crippen molar-refractivity contribution in [3.63, 3.8) is 0 Å². The zero-order chi connectivity index (χ0) is 24.7. The fraction of sp³-hybridized carbons (Fsp3) is 0.217. The summed E-state index contributed by atoms with van der Waals surface area (Å²) in [6.07, 6.45) is 2.47. The fourth-order valence-electron chi connectivity index (χ4n) is 3.41. The van der Waals surface area contributed by atoms with Gasteiger partial charge in [-0.05, 0) is 59.7 Å². The summed E-state index contributed by atoms with van der Waals surface area (Å²) in [6, 6.07) is 11.5. The summed E-state index contributed by atoms with van der Waals surface area (Å²) in [5, 5.41) is 19.5. The number of carbonyl (C=O) groups is 3. The van der Waals surface area contributed by atoms with Gasteiger partial charge in [-0.25, -0.2) is 9.78 Å². The van der Waals surface area contributed by atoms with Crippen LogP contribution in [0.15, 0.2) is 53.6 Å². The van der Waals surface area contributed by atoms with Crippen LogP contribution < -0.4 is 21.7 Å². The van der Waals surface area contributed by atoms with Gasteiger partial charge in [-0.3, -0.25) is 14.9 Å². The minimum Gasteiger partial charge on any atom is -0.481 e. The molecule has 0 spiro atoms. The van der Waals surface area contributed by atoms with Crippen molar-refractivity contribution < 1.29 is 24.2 Å². The number of carbonyl (C=O) groups excluding carboxylic acids is 2. The average molecular weight is 484 g/mol. The number of rotatable bonds is 9. The van der Waals surface area contributed by atoms with Crippen LogP contribution in [0.1, 0.15) is 18.0 Å². The van der Waals surface area contributed by atoms with E-state index in [0.717, 1.165) is 15.7 Å². The highest BCUT2D eigenvalue weighted by Gasteiger charge is 2.22. The number of thioether (sulfide) groups is 1. The van der Waals surface area contributed by atoms with Crippen LogP contribution in [-0.2, 0) is 14.3 Å². The van der Waals surface area contributed by atoms with Crippen molar-refractivity contribution in [3.8, 4) is 0 Å². The number of ether oxygens (including phenoxy) is 1. The van der Waals surface area contributed by atoms with Crippen LogP contribution in [-0.4, -0.2) is 48.0 Å². The van der Waals surface area contributed by atoms with E-state index in [-0.39, 0.29) is 18.9 Å². The number of methoxy groups -OCH3 is 1. The molecule has 6 N–H and O–H groups in total. The molecule has 0 aliphatic carbocycles. The van der Waals surface area contributed by atoms with Gasteiger partial charge in [-0.2, -0.15) is 0 Å². The standard InChI is InChI=1S/C23H25N5O5S/c1-33-23(32)27-15-4-6-19(34-2)17(10-15)18(11-21(30)31)28-20(29)12-26-14-3-5-16-13(9-14)7-8-25-22(16)24/h3-10,18,26H,11-12H2,1-2H3,(H2,24,25)(H,27,32)(H,28,29)(H,30,31). The number of benzene rings is 2. The highest BCUT2D eigenvalue weighted by atomic mass is 32.2. The Morgan fingerprint density at radius 2 is 1.91 bits per heavy atom. The monoisotopic (exact) mass is 483 g/mol. The number of nitrogens with one attached hydrogen (secondary N) is 3. The summed E-state index contributed by atoms with van der Waals surface area (Å²) >= 11 is 1.40. The van der Waals surface area contributed by atoms with E-state index in [4.69, 9.17) is 5.73 Å². The SMILES string of the molecule is COC(=O)Nc1ccc(SC)c(C(CC(=O)O)NC(=O)CNc2ccc3c(N)nccc3c2)c1. The van der Waals surface area contributed by atoms with Crippen molar-refractivity contribution in [2.45, 2.75) is 17.4 Å². The normalized spacial score (nSPS) is 11.5. The maximum absolute atomic E-state index is 12.7. The molecule has 0 aliphatic rings. The van der Waals surface area contributed by atoms with Crippen molar-refractivity contribution in [2.75, 3.05) is 36.3 Å². The number of carboxylic acids is 1. The third-order valence-electron chi connectivity index (χ3n) is 5.00. The molecule has 3 aromatic rings. The van der Waals surface area contributed by atoms with Crippen molar-refractivity contribution in [2.24, 2.45) is 0 Å². The number of nitrogen functional groups attached to an aromatic ring is 1. The molecule has 0 aliphatic heterocycles. The lowest BCUT2D eigenvalue weighted by Crippen LogP contribution is -2.34. The summed E-state index contributed by atoms with van der Waals surface area (Å²) in [5.41, 5.74) is 7.58. The lowest BCUT2D eigenvalue weighted by Gasteiger charge is -2.21. The van der Waals surface area contributed by atoms with E-state index in [2.05, 4.69) is 25.7 Å². The van der Waals surface area contributed by atoms with Crippen LogP contribution in [0.2, 0.25) is 0 Å². The average Bonchev–Trinajstić information content (AvgIpc) is 2.82. The van der Waals surface area contributed by atoms with Crippen LogP contribution in [0.25, 0.3) is 10.8 Å². The number of aliphatic carboxylic acids is 1. The molecule has 0 saturated heterocycles. The highest BCUT2D eigenvalue weighted by Crippen LogP contribution is 2.31. The minimum absolute atomic E-state index is 0.0725. The van der Waals surface area contributed by atoms with Crippen molar-refractivity contribution in [1.29, 1.82) is 0 Å². The molecule has 0 fully saturated rings. The molecule has 1 atom stereocenters. The molecule has 34 heavy (non-hydrogen) atoms. The van der Waals surface area contributed by atoms with Crippen LogP contribution in [0.3, 0.4) is 0 Å². The molecule has 2 aromatic carbocycles. The largest absolute Gasteiger partial charge is 0.481 e. The summed E-state index contributed by atoms with van der Waals surface area (Å²) in [6.45, 7) is -0.0725. The second-order valence-corrected chi connectivity index (χ2v) is 8.13. The van der Waals surface area contributed by atoms with Gasteiger partial charge in [-0.1, -0.05) is 0 Å². The van der Waals surface area contributed by atoms with Crippen molar-refractivity contribution in [1.82, 2.24) is 10.3 Å². The van der Waals surface area contributed by atoms with Crippen LogP contribution in [0.4, 0.5) is 22.0 Å². The Labute approximate surface area is 200 Å². The van der Waals surface area contributed by atoms with Gasteiger partial charge in [0.25, 0.3) is 0 Å². The van der Waals surface area contributed by atoms with Crippen LogP contribution in [0.5, 0.6) is 0 Å². The van der Waals surface area contributed by atoms with Gasteiger partial charge in [0.15, 0.2) is 0 Å². The lowest BCUT2D eigenvalue weighted by molar-refractivity contribution is -0.137. The second kappa shape index (κ2) is 11.2. The zero-order valence-corrected chi connectivity index (χ0v) is 19.4. The van der Waals surface area contributed by atoms with Gasteiger partial charge in [-0.15, -0.1) is 11.8 Å². The molecule has 11 heteroatoms. The first-order valence-corrected chi connectivity index (χ1v) is 11.5. The predicted octanol–water partition coefficient (Wildman–Crippen LogP) is 3.46. The number of aromatic nitrogens is 1. The van der Waals surface area contributed by atoms with Gasteiger partial charge in [0.1, 0.15) is 5.82 Å². The summed E-state index contributed by atoms with van der Waals surface area (Å²) in [5.74, 6) is -1.04. The first kappa shape index (κ1) is 24.6. The lowest BCUT2D eigenvalue weighted by atomic mass is 10.0. The Balaban J connectivity index is 1.76. The molecule has 0 radical (unpaired) electrons. The maximum Gasteiger partial charge on any atom is 0.411 e. The van der Waals surface area contributed by atoms with E-state index < -0.39 is 18.1 Å². The number of nitrogens with zero attached hydrogens (tertiary/aromatic N) is 1. The van der Waals surface area contributed by atoms with E-state index in [0.29, 0.717) is 22.8 Å². The molecule has 1 unspecified atom stereocenters.